The lowest BCUT2D eigenvalue weighted by Crippen LogP contribution is -2.59. The second-order valence-electron chi connectivity index (χ2n) is 16.5. The summed E-state index contributed by atoms with van der Waals surface area (Å²) in [5.41, 5.74) is 3.63. The van der Waals surface area contributed by atoms with Crippen molar-refractivity contribution in [3.63, 3.8) is 0 Å². The summed E-state index contributed by atoms with van der Waals surface area (Å²) in [7, 11) is 0. The number of carbonyl (C=O) groups is 4. The van der Waals surface area contributed by atoms with E-state index in [4.69, 9.17) is 11.6 Å². The van der Waals surface area contributed by atoms with Gasteiger partial charge in [-0.3, -0.25) is 24.6 Å². The van der Waals surface area contributed by atoms with E-state index in [9.17, 15) is 24.4 Å². The third-order valence-electron chi connectivity index (χ3n) is 12.6. The van der Waals surface area contributed by atoms with Crippen molar-refractivity contribution in [2.24, 2.45) is 5.92 Å². The lowest BCUT2D eigenvalue weighted by atomic mass is 9.95. The van der Waals surface area contributed by atoms with Crippen LogP contribution in [0.15, 0.2) is 48.5 Å². The van der Waals surface area contributed by atoms with Crippen LogP contribution in [0, 0.1) is 28.9 Å². The Morgan fingerprint density at radius 1 is 0.864 bits per heavy atom. The van der Waals surface area contributed by atoms with E-state index in [-0.39, 0.29) is 60.7 Å². The lowest BCUT2D eigenvalue weighted by molar-refractivity contribution is -0.136. The number of imide groups is 1. The van der Waals surface area contributed by atoms with E-state index in [0.717, 1.165) is 38.2 Å². The molecule has 5 amide bonds. The first-order valence-corrected chi connectivity index (χ1v) is 20.8. The quantitative estimate of drug-likeness (QED) is 0.300. The predicted octanol–water partition coefficient (Wildman–Crippen LogP) is 5.42. The summed E-state index contributed by atoms with van der Waals surface area (Å²) in [5.74, 6) is -1.63. The number of piperazine rings is 2. The molecule has 0 bridgehead atoms. The fourth-order valence-electron chi connectivity index (χ4n) is 9.29. The molecule has 8 rings (SSSR count). The predicted molar refractivity (Wildman–Crippen MR) is 221 cm³/mol. The molecule has 0 spiro atoms. The highest BCUT2D eigenvalue weighted by Crippen LogP contribution is 2.34. The minimum absolute atomic E-state index is 0.00960. The molecule has 5 aliphatic heterocycles. The second-order valence-corrected chi connectivity index (χ2v) is 16.9. The zero-order valence-corrected chi connectivity index (χ0v) is 34.0. The van der Waals surface area contributed by atoms with Crippen LogP contribution in [0.2, 0.25) is 5.02 Å². The van der Waals surface area contributed by atoms with Gasteiger partial charge in [0.05, 0.1) is 22.0 Å². The van der Waals surface area contributed by atoms with E-state index in [0.29, 0.717) is 78.4 Å². The van der Waals surface area contributed by atoms with Crippen LogP contribution in [0.5, 0.6) is 0 Å². The molecule has 0 unspecified atom stereocenters. The van der Waals surface area contributed by atoms with Gasteiger partial charge in [0.15, 0.2) is 0 Å². The maximum Gasteiger partial charge on any atom is 0.322 e. The van der Waals surface area contributed by atoms with Gasteiger partial charge in [-0.25, -0.2) is 13.6 Å². The zero-order valence-electron chi connectivity index (χ0n) is 33.2. The number of amides is 5. The second kappa shape index (κ2) is 16.7. The van der Waals surface area contributed by atoms with Crippen LogP contribution in [-0.2, 0) is 16.1 Å². The smallest absolute Gasteiger partial charge is 0.322 e. The van der Waals surface area contributed by atoms with Gasteiger partial charge < -0.3 is 29.8 Å². The number of nitrogens with zero attached hydrogens (tertiary/aromatic N) is 7. The van der Waals surface area contributed by atoms with Crippen molar-refractivity contribution in [3.05, 3.63) is 81.9 Å². The van der Waals surface area contributed by atoms with Crippen LogP contribution >= 0.6 is 11.6 Å². The average molecular weight is 828 g/mol. The number of hydrogen-bond donors (Lipinski definition) is 2. The molecule has 4 fully saturated rings. The standard InChI is InChI=1S/C43H48ClF2N9O4/c1-26-23-54(27(2)22-53(26)32-5-3-29(21-47)34(44)19-32)43(59)48-31-4-6-37(35(45)18-31)51-11-9-28(10-12-51)24-50-13-15-52(16-14-50)39-17-30-25-55(42(58)33(30)20-36(39)46)38-7-8-40(56)49-41(38)57/h3-6,17-20,26-28,38H,7-16,22-25H2,1-2H3,(H,48,59)(H,49,56,57)/t26-,27+,38-/m0/s1. The van der Waals surface area contributed by atoms with Crippen LogP contribution in [0.25, 0.3) is 0 Å². The molecule has 0 saturated carbocycles. The topological polar surface area (TPSA) is 136 Å². The van der Waals surface area contributed by atoms with Crippen molar-refractivity contribution in [3.8, 4) is 6.07 Å². The van der Waals surface area contributed by atoms with E-state index in [1.165, 1.54) is 17.0 Å². The maximum atomic E-state index is 15.6. The number of piperidine rings is 2. The van der Waals surface area contributed by atoms with Crippen molar-refractivity contribution < 1.29 is 28.0 Å². The average Bonchev–Trinajstić information content (AvgIpc) is 3.53. The molecule has 0 radical (unpaired) electrons. The molecule has 59 heavy (non-hydrogen) atoms. The molecule has 3 aromatic carbocycles. The Bertz CT molecular complexity index is 2200. The highest BCUT2D eigenvalue weighted by molar-refractivity contribution is 6.32. The SMILES string of the molecule is C[C@@H]1CN(c2ccc(C#N)c(Cl)c2)[C@@H](C)CN1C(=O)Nc1ccc(N2CCC(CN3CCN(c4cc5c(cc4F)C(=O)N([C@H]4CCC(=O)NC4=O)C5)CC3)CC2)c(F)c1. The number of anilines is 4. The number of halogens is 3. The number of nitriles is 1. The summed E-state index contributed by atoms with van der Waals surface area (Å²) in [4.78, 5) is 62.4. The number of benzene rings is 3. The van der Waals surface area contributed by atoms with Crippen LogP contribution in [0.3, 0.4) is 0 Å². The van der Waals surface area contributed by atoms with Gasteiger partial charge in [-0.1, -0.05) is 11.6 Å². The van der Waals surface area contributed by atoms with Gasteiger partial charge in [0.1, 0.15) is 23.7 Å². The van der Waals surface area contributed by atoms with Crippen molar-refractivity contribution in [2.75, 3.05) is 78.9 Å². The molecule has 16 heteroatoms. The van der Waals surface area contributed by atoms with Gasteiger partial charge in [-0.2, -0.15) is 5.26 Å². The van der Waals surface area contributed by atoms with Crippen molar-refractivity contribution in [2.45, 2.75) is 64.2 Å². The van der Waals surface area contributed by atoms with Crippen LogP contribution in [0.1, 0.15) is 61.0 Å². The number of fused-ring (bicyclic) bond motifs is 1. The molecule has 13 nitrogen and oxygen atoms in total. The highest BCUT2D eigenvalue weighted by atomic mass is 35.5. The Labute approximate surface area is 347 Å². The van der Waals surface area contributed by atoms with Gasteiger partial charge in [0.25, 0.3) is 5.91 Å². The van der Waals surface area contributed by atoms with Gasteiger partial charge in [0.2, 0.25) is 11.8 Å². The van der Waals surface area contributed by atoms with Crippen molar-refractivity contribution >= 4 is 58.1 Å². The Kier molecular flexibility index (Phi) is 11.4. The summed E-state index contributed by atoms with van der Waals surface area (Å²) < 4.78 is 31.0. The molecule has 5 heterocycles. The molecule has 5 aliphatic rings. The van der Waals surface area contributed by atoms with Crippen LogP contribution in [-0.4, -0.2) is 115 Å². The first-order valence-electron chi connectivity index (χ1n) is 20.4. The van der Waals surface area contributed by atoms with E-state index in [1.807, 2.05) is 24.8 Å². The number of nitrogens with one attached hydrogen (secondary N) is 2. The van der Waals surface area contributed by atoms with Crippen LogP contribution < -0.4 is 25.3 Å². The zero-order chi connectivity index (χ0) is 41.5. The summed E-state index contributed by atoms with van der Waals surface area (Å²) in [6, 6.07) is 14.2. The van der Waals surface area contributed by atoms with E-state index < -0.39 is 17.8 Å². The molecule has 0 aromatic heterocycles. The minimum atomic E-state index is -0.745. The third-order valence-corrected chi connectivity index (χ3v) is 12.9. The molecule has 0 aliphatic carbocycles. The fraction of sp³-hybridized carbons (Fsp3) is 0.465. The van der Waals surface area contributed by atoms with Gasteiger partial charge >= 0.3 is 6.03 Å². The Morgan fingerprint density at radius 3 is 2.29 bits per heavy atom. The van der Waals surface area contributed by atoms with Gasteiger partial charge in [-0.05, 0) is 93.1 Å². The van der Waals surface area contributed by atoms with E-state index in [1.54, 1.807) is 35.2 Å². The van der Waals surface area contributed by atoms with Gasteiger partial charge in [0, 0.05) is 101 Å². The first-order chi connectivity index (χ1) is 28.4. The normalized spacial score (nSPS) is 23.0. The molecular weight excluding hydrogens is 780 g/mol. The minimum Gasteiger partial charge on any atom is -0.369 e. The monoisotopic (exact) mass is 827 g/mol. The first kappa shape index (κ1) is 40.3. The van der Waals surface area contributed by atoms with Crippen molar-refractivity contribution in [1.29, 1.82) is 5.26 Å². The molecule has 4 saturated heterocycles. The molecular formula is C43H48ClF2N9O4. The van der Waals surface area contributed by atoms with Gasteiger partial charge in [-0.15, -0.1) is 0 Å². The molecule has 3 atom stereocenters. The summed E-state index contributed by atoms with van der Waals surface area (Å²) in [6.07, 6.45) is 2.24. The Morgan fingerprint density at radius 2 is 1.59 bits per heavy atom. The summed E-state index contributed by atoms with van der Waals surface area (Å²) >= 11 is 6.29. The largest absolute Gasteiger partial charge is 0.369 e. The number of hydrogen-bond acceptors (Lipinski definition) is 9. The summed E-state index contributed by atoms with van der Waals surface area (Å²) in [6.45, 7) is 10.4. The third kappa shape index (κ3) is 8.25. The lowest BCUT2D eigenvalue weighted by Gasteiger charge is -2.45. The van der Waals surface area contributed by atoms with Crippen molar-refractivity contribution in [1.82, 2.24) is 20.0 Å². The van der Waals surface area contributed by atoms with E-state index >= 15 is 8.78 Å². The highest BCUT2D eigenvalue weighted by Gasteiger charge is 2.40. The number of carbonyl (C=O) groups excluding carboxylic acids is 4. The maximum absolute atomic E-state index is 15.6. The van der Waals surface area contributed by atoms with E-state index in [2.05, 4.69) is 31.4 Å². The Hall–Kier alpha value is -5.46. The van der Waals surface area contributed by atoms with Crippen LogP contribution in [0.4, 0.5) is 36.3 Å². The Balaban J connectivity index is 0.794. The number of urea groups is 1. The molecule has 2 N–H and O–H groups in total. The molecule has 3 aromatic rings. The number of rotatable bonds is 7. The summed E-state index contributed by atoms with van der Waals surface area (Å²) in [5, 5.41) is 14.8. The fourth-order valence-corrected chi connectivity index (χ4v) is 9.51. The molecule has 310 valence electrons.